The molecule has 0 amide bonds. The predicted octanol–water partition coefficient (Wildman–Crippen LogP) is 2.64. The molecule has 3 rings (SSSR count). The van der Waals surface area contributed by atoms with Gasteiger partial charge in [0.2, 0.25) is 5.95 Å². The molecule has 0 radical (unpaired) electrons. The van der Waals surface area contributed by atoms with Crippen molar-refractivity contribution in [2.75, 3.05) is 28.8 Å². The quantitative estimate of drug-likeness (QED) is 0.891. The van der Waals surface area contributed by atoms with Crippen LogP contribution in [0.25, 0.3) is 0 Å². The standard InChI is InChI=1S/C15H16ClFN4O2S/c1-21(11-5-7-24(22,23)9-11)15-18-6-4-14(20-15)19-10-2-3-13(17)12(16)8-10/h2-4,6,8,11H,5,7,9H2,1H3,(H,18,19,20). The summed E-state index contributed by atoms with van der Waals surface area (Å²) in [6, 6.07) is 5.82. The lowest BCUT2D eigenvalue weighted by Gasteiger charge is -2.23. The summed E-state index contributed by atoms with van der Waals surface area (Å²) >= 11 is 5.76. The van der Waals surface area contributed by atoms with Gasteiger partial charge in [-0.05, 0) is 30.7 Å². The molecule has 9 heteroatoms. The smallest absolute Gasteiger partial charge is 0.227 e. The first-order chi connectivity index (χ1) is 11.3. The first kappa shape index (κ1) is 16.9. The fraction of sp³-hybridized carbons (Fsp3) is 0.333. The van der Waals surface area contributed by atoms with Crippen molar-refractivity contribution in [3.05, 3.63) is 41.3 Å². The minimum atomic E-state index is -2.98. The molecule has 24 heavy (non-hydrogen) atoms. The van der Waals surface area contributed by atoms with Crippen molar-refractivity contribution in [3.63, 3.8) is 0 Å². The van der Waals surface area contributed by atoms with E-state index in [0.29, 0.717) is 23.9 Å². The van der Waals surface area contributed by atoms with Crippen LogP contribution in [0.4, 0.5) is 21.8 Å². The van der Waals surface area contributed by atoms with Crippen molar-refractivity contribution in [1.82, 2.24) is 9.97 Å². The van der Waals surface area contributed by atoms with Crippen LogP contribution in [0, 0.1) is 5.82 Å². The van der Waals surface area contributed by atoms with Crippen molar-refractivity contribution in [3.8, 4) is 0 Å². The van der Waals surface area contributed by atoms with Crippen LogP contribution in [-0.2, 0) is 9.84 Å². The van der Waals surface area contributed by atoms with Gasteiger partial charge in [0.25, 0.3) is 0 Å². The molecular formula is C15H16ClFN4O2S. The van der Waals surface area contributed by atoms with Crippen molar-refractivity contribution in [2.24, 2.45) is 0 Å². The normalized spacial score (nSPS) is 19.2. The summed E-state index contributed by atoms with van der Waals surface area (Å²) in [5.74, 6) is 0.741. The van der Waals surface area contributed by atoms with E-state index in [4.69, 9.17) is 11.6 Å². The minimum Gasteiger partial charge on any atom is -0.340 e. The molecule has 128 valence electrons. The average molecular weight is 371 g/mol. The minimum absolute atomic E-state index is 0.0163. The molecule has 0 bridgehead atoms. The third kappa shape index (κ3) is 3.76. The molecule has 2 aromatic rings. The Morgan fingerprint density at radius 1 is 1.38 bits per heavy atom. The summed E-state index contributed by atoms with van der Waals surface area (Å²) in [6.07, 6.45) is 2.14. The van der Waals surface area contributed by atoms with Gasteiger partial charge in [-0.15, -0.1) is 0 Å². The van der Waals surface area contributed by atoms with Crippen LogP contribution < -0.4 is 10.2 Å². The fourth-order valence-electron chi connectivity index (χ4n) is 2.55. The predicted molar refractivity (Wildman–Crippen MR) is 92.2 cm³/mol. The molecule has 1 aromatic carbocycles. The number of nitrogens with one attached hydrogen (secondary N) is 1. The van der Waals surface area contributed by atoms with Crippen LogP contribution in [-0.4, -0.2) is 43.0 Å². The monoisotopic (exact) mass is 370 g/mol. The highest BCUT2D eigenvalue weighted by atomic mass is 35.5. The lowest BCUT2D eigenvalue weighted by Crippen LogP contribution is -2.33. The van der Waals surface area contributed by atoms with Crippen LogP contribution in [0.3, 0.4) is 0 Å². The third-order valence-corrected chi connectivity index (χ3v) is 5.95. The molecule has 1 atom stereocenters. The molecule has 1 aliphatic rings. The second kappa shape index (κ2) is 6.52. The van der Waals surface area contributed by atoms with E-state index >= 15 is 0 Å². The van der Waals surface area contributed by atoms with E-state index in [1.165, 1.54) is 12.1 Å². The van der Waals surface area contributed by atoms with Gasteiger partial charge in [-0.3, -0.25) is 0 Å². The number of aromatic nitrogens is 2. The van der Waals surface area contributed by atoms with Gasteiger partial charge in [0, 0.05) is 25.0 Å². The lowest BCUT2D eigenvalue weighted by molar-refractivity contribution is 0.600. The Balaban J connectivity index is 1.77. The maximum absolute atomic E-state index is 13.2. The summed E-state index contributed by atoms with van der Waals surface area (Å²) in [5.41, 5.74) is 0.595. The van der Waals surface area contributed by atoms with Crippen LogP contribution >= 0.6 is 11.6 Å². The Bertz CT molecular complexity index is 862. The van der Waals surface area contributed by atoms with Crippen LogP contribution in [0.1, 0.15) is 6.42 Å². The lowest BCUT2D eigenvalue weighted by atomic mass is 10.2. The zero-order valence-corrected chi connectivity index (χ0v) is 14.5. The number of halogens is 2. The molecule has 1 unspecified atom stereocenters. The van der Waals surface area contributed by atoms with Gasteiger partial charge in [-0.1, -0.05) is 11.6 Å². The molecule has 1 N–H and O–H groups in total. The number of sulfone groups is 1. The highest BCUT2D eigenvalue weighted by Crippen LogP contribution is 2.24. The fourth-order valence-corrected chi connectivity index (χ4v) is 4.51. The Kier molecular flexibility index (Phi) is 4.60. The van der Waals surface area contributed by atoms with Gasteiger partial charge in [0.05, 0.1) is 16.5 Å². The number of hydrogen-bond acceptors (Lipinski definition) is 6. The van der Waals surface area contributed by atoms with E-state index in [2.05, 4.69) is 15.3 Å². The number of benzene rings is 1. The number of nitrogens with zero attached hydrogens (tertiary/aromatic N) is 3. The number of rotatable bonds is 4. The van der Waals surface area contributed by atoms with Crippen molar-refractivity contribution in [1.29, 1.82) is 0 Å². The molecule has 1 fully saturated rings. The maximum Gasteiger partial charge on any atom is 0.227 e. The second-order valence-electron chi connectivity index (χ2n) is 5.66. The highest BCUT2D eigenvalue weighted by Gasteiger charge is 2.31. The van der Waals surface area contributed by atoms with Gasteiger partial charge >= 0.3 is 0 Å². The number of anilines is 3. The van der Waals surface area contributed by atoms with Gasteiger partial charge in [-0.2, -0.15) is 4.98 Å². The van der Waals surface area contributed by atoms with E-state index in [1.807, 2.05) is 0 Å². The van der Waals surface area contributed by atoms with Crippen molar-refractivity contribution >= 4 is 38.9 Å². The topological polar surface area (TPSA) is 75.2 Å². The Morgan fingerprint density at radius 2 is 2.17 bits per heavy atom. The van der Waals surface area contributed by atoms with E-state index in [9.17, 15) is 12.8 Å². The highest BCUT2D eigenvalue weighted by molar-refractivity contribution is 7.91. The number of hydrogen-bond donors (Lipinski definition) is 1. The summed E-state index contributed by atoms with van der Waals surface area (Å²) in [4.78, 5) is 10.4. The van der Waals surface area contributed by atoms with Gasteiger partial charge in [0.1, 0.15) is 11.6 Å². The molecule has 1 saturated heterocycles. The molecule has 0 spiro atoms. The molecule has 0 aliphatic carbocycles. The maximum atomic E-state index is 13.2. The molecule has 1 aromatic heterocycles. The third-order valence-electron chi connectivity index (χ3n) is 3.91. The molecule has 1 aliphatic heterocycles. The summed E-state index contributed by atoms with van der Waals surface area (Å²) < 4.78 is 36.4. The van der Waals surface area contributed by atoms with Crippen molar-refractivity contribution in [2.45, 2.75) is 12.5 Å². The van der Waals surface area contributed by atoms with Crippen molar-refractivity contribution < 1.29 is 12.8 Å². The summed E-state index contributed by atoms with van der Waals surface area (Å²) in [7, 11) is -1.20. The molecule has 0 saturated carbocycles. The van der Waals surface area contributed by atoms with Crippen LogP contribution in [0.5, 0.6) is 0 Å². The zero-order valence-electron chi connectivity index (χ0n) is 12.9. The largest absolute Gasteiger partial charge is 0.340 e. The van der Waals surface area contributed by atoms with Crippen LogP contribution in [0.2, 0.25) is 5.02 Å². The van der Waals surface area contributed by atoms with E-state index in [0.717, 1.165) is 0 Å². The van der Waals surface area contributed by atoms with E-state index in [1.54, 1.807) is 30.3 Å². The zero-order chi connectivity index (χ0) is 17.3. The second-order valence-corrected chi connectivity index (χ2v) is 8.30. The Morgan fingerprint density at radius 3 is 2.83 bits per heavy atom. The average Bonchev–Trinajstić information content (AvgIpc) is 2.90. The molecular weight excluding hydrogens is 355 g/mol. The SMILES string of the molecule is CN(c1nccc(Nc2ccc(F)c(Cl)c2)n1)C1CCS(=O)(=O)C1. The first-order valence-electron chi connectivity index (χ1n) is 7.32. The van der Waals surface area contributed by atoms with E-state index < -0.39 is 15.7 Å². The Hall–Kier alpha value is -1.93. The van der Waals surface area contributed by atoms with Crippen LogP contribution in [0.15, 0.2) is 30.5 Å². The van der Waals surface area contributed by atoms with Gasteiger partial charge in [-0.25, -0.2) is 17.8 Å². The Labute approximate surface area is 144 Å². The molecule has 2 heterocycles. The van der Waals surface area contributed by atoms with E-state index in [-0.39, 0.29) is 22.6 Å². The van der Waals surface area contributed by atoms with Gasteiger partial charge in [0.15, 0.2) is 9.84 Å². The first-order valence-corrected chi connectivity index (χ1v) is 9.52. The summed E-state index contributed by atoms with van der Waals surface area (Å²) in [5, 5.41) is 3.04. The van der Waals surface area contributed by atoms with Gasteiger partial charge < -0.3 is 10.2 Å². The molecule has 6 nitrogen and oxygen atoms in total. The summed E-state index contributed by atoms with van der Waals surface area (Å²) in [6.45, 7) is 0.